The van der Waals surface area contributed by atoms with Crippen molar-refractivity contribution in [1.82, 2.24) is 9.78 Å². The molecule has 24 heavy (non-hydrogen) atoms. The fourth-order valence-corrected chi connectivity index (χ4v) is 5.47. The van der Waals surface area contributed by atoms with Crippen molar-refractivity contribution >= 4 is 21.6 Å². The summed E-state index contributed by atoms with van der Waals surface area (Å²) in [4.78, 5) is 12.2. The molecule has 126 valence electrons. The molecule has 2 aliphatic heterocycles. The van der Waals surface area contributed by atoms with E-state index in [9.17, 15) is 13.2 Å². The molecule has 0 aliphatic carbocycles. The number of nitrogens with zero attached hydrogens (tertiary/aromatic N) is 2. The highest BCUT2D eigenvalue weighted by atomic mass is 32.2. The van der Waals surface area contributed by atoms with Gasteiger partial charge in [0.2, 0.25) is 5.91 Å². The number of sulfone groups is 1. The zero-order chi connectivity index (χ0) is 16.9. The number of carbonyl (C=O) groups is 1. The first-order valence-corrected chi connectivity index (χ1v) is 9.91. The number of rotatable bonds is 2. The van der Waals surface area contributed by atoms with E-state index in [1.165, 1.54) is 0 Å². The molecule has 7 heteroatoms. The van der Waals surface area contributed by atoms with Crippen LogP contribution in [0.15, 0.2) is 30.3 Å². The summed E-state index contributed by atoms with van der Waals surface area (Å²) < 4.78 is 25.3. The highest BCUT2D eigenvalue weighted by Gasteiger charge is 2.37. The molecule has 1 aromatic carbocycles. The fourth-order valence-electron chi connectivity index (χ4n) is 3.77. The Bertz CT molecular complexity index is 903. The van der Waals surface area contributed by atoms with Gasteiger partial charge in [-0.3, -0.25) is 4.79 Å². The summed E-state index contributed by atoms with van der Waals surface area (Å²) in [7, 11) is -3.01. The van der Waals surface area contributed by atoms with Crippen molar-refractivity contribution in [3.8, 4) is 0 Å². The van der Waals surface area contributed by atoms with E-state index in [0.29, 0.717) is 18.7 Å². The number of benzene rings is 1. The summed E-state index contributed by atoms with van der Waals surface area (Å²) in [5, 5.41) is 7.51. The first kappa shape index (κ1) is 15.4. The lowest BCUT2D eigenvalue weighted by atomic mass is 9.86. The minimum atomic E-state index is -3.01. The van der Waals surface area contributed by atoms with Gasteiger partial charge in [-0.1, -0.05) is 30.3 Å². The van der Waals surface area contributed by atoms with Crippen molar-refractivity contribution in [1.29, 1.82) is 0 Å². The third-order valence-electron chi connectivity index (χ3n) is 4.88. The quantitative estimate of drug-likeness (QED) is 0.903. The monoisotopic (exact) mass is 345 g/mol. The normalized spacial score (nSPS) is 25.3. The lowest BCUT2D eigenvalue weighted by Crippen LogP contribution is -2.26. The lowest BCUT2D eigenvalue weighted by Gasteiger charge is -2.25. The van der Waals surface area contributed by atoms with E-state index < -0.39 is 9.84 Å². The molecule has 0 saturated carbocycles. The zero-order valence-corrected chi connectivity index (χ0v) is 14.2. The maximum atomic E-state index is 12.2. The molecule has 1 fully saturated rings. The van der Waals surface area contributed by atoms with E-state index in [1.54, 1.807) is 4.68 Å². The molecule has 1 saturated heterocycles. The third-order valence-corrected chi connectivity index (χ3v) is 6.63. The van der Waals surface area contributed by atoms with E-state index in [2.05, 4.69) is 10.4 Å². The fraction of sp³-hybridized carbons (Fsp3) is 0.412. The molecule has 6 nitrogen and oxygen atoms in total. The van der Waals surface area contributed by atoms with Gasteiger partial charge in [-0.05, 0) is 18.9 Å². The van der Waals surface area contributed by atoms with E-state index >= 15 is 0 Å². The largest absolute Gasteiger partial charge is 0.311 e. The number of aryl methyl sites for hydroxylation is 1. The Labute approximate surface area is 140 Å². The summed E-state index contributed by atoms with van der Waals surface area (Å²) in [6, 6.07) is 9.71. The molecule has 0 bridgehead atoms. The van der Waals surface area contributed by atoms with E-state index in [1.807, 2.05) is 37.3 Å². The average molecular weight is 345 g/mol. The Balaban J connectivity index is 1.81. The van der Waals surface area contributed by atoms with Crippen molar-refractivity contribution < 1.29 is 13.2 Å². The molecule has 3 heterocycles. The number of aromatic nitrogens is 2. The summed E-state index contributed by atoms with van der Waals surface area (Å²) in [5.74, 6) is 0.841. The van der Waals surface area contributed by atoms with Crippen molar-refractivity contribution in [2.24, 2.45) is 0 Å². The zero-order valence-electron chi connectivity index (χ0n) is 13.4. The van der Waals surface area contributed by atoms with Gasteiger partial charge in [-0.2, -0.15) is 5.10 Å². The Hall–Kier alpha value is -2.15. The van der Waals surface area contributed by atoms with Gasteiger partial charge < -0.3 is 5.32 Å². The second-order valence-corrected chi connectivity index (χ2v) is 8.79. The second kappa shape index (κ2) is 5.44. The molecule has 2 aliphatic rings. The summed E-state index contributed by atoms with van der Waals surface area (Å²) >= 11 is 0. The Morgan fingerprint density at radius 2 is 2.00 bits per heavy atom. The van der Waals surface area contributed by atoms with Gasteiger partial charge in [-0.15, -0.1) is 0 Å². The SMILES string of the molecule is Cc1nn([C@@H]2CCS(=O)(=O)C2)c2c1[C@@H](c1ccccc1)CC(=O)N2. The van der Waals surface area contributed by atoms with Crippen LogP contribution in [-0.2, 0) is 14.6 Å². The molecule has 0 unspecified atom stereocenters. The van der Waals surface area contributed by atoms with Crippen LogP contribution in [0.3, 0.4) is 0 Å². The standard InChI is InChI=1S/C17H19N3O3S/c1-11-16-14(12-5-3-2-4-6-12)9-15(21)18-17(16)20(19-11)13-7-8-24(22,23)10-13/h2-6,13-14H,7-10H2,1H3,(H,18,21)/t13-,14-/m1/s1. The summed E-state index contributed by atoms with van der Waals surface area (Å²) in [5.41, 5.74) is 2.93. The Morgan fingerprint density at radius 3 is 2.67 bits per heavy atom. The minimum absolute atomic E-state index is 0.0401. The van der Waals surface area contributed by atoms with Gasteiger partial charge in [0.25, 0.3) is 0 Å². The number of hydrogen-bond acceptors (Lipinski definition) is 4. The molecular formula is C17H19N3O3S. The number of fused-ring (bicyclic) bond motifs is 1. The van der Waals surface area contributed by atoms with Crippen molar-refractivity contribution in [3.05, 3.63) is 47.2 Å². The van der Waals surface area contributed by atoms with Gasteiger partial charge in [-0.25, -0.2) is 13.1 Å². The maximum absolute atomic E-state index is 12.2. The third kappa shape index (κ3) is 2.53. The predicted molar refractivity (Wildman–Crippen MR) is 90.8 cm³/mol. The maximum Gasteiger partial charge on any atom is 0.226 e. The van der Waals surface area contributed by atoms with Crippen molar-refractivity contribution in [3.63, 3.8) is 0 Å². The van der Waals surface area contributed by atoms with Crippen LogP contribution in [0.1, 0.15) is 41.6 Å². The highest BCUT2D eigenvalue weighted by molar-refractivity contribution is 7.91. The van der Waals surface area contributed by atoms with Gasteiger partial charge in [0.1, 0.15) is 5.82 Å². The van der Waals surface area contributed by atoms with Crippen LogP contribution < -0.4 is 5.32 Å². The first-order valence-electron chi connectivity index (χ1n) is 8.09. The number of anilines is 1. The number of amides is 1. The van der Waals surface area contributed by atoms with Crippen LogP contribution in [0.2, 0.25) is 0 Å². The highest BCUT2D eigenvalue weighted by Crippen LogP contribution is 2.41. The molecule has 1 aromatic heterocycles. The average Bonchev–Trinajstić information content (AvgIpc) is 3.07. The summed E-state index contributed by atoms with van der Waals surface area (Å²) in [6.45, 7) is 1.92. The lowest BCUT2D eigenvalue weighted by molar-refractivity contribution is -0.116. The predicted octanol–water partition coefficient (Wildman–Crippen LogP) is 2.03. The van der Waals surface area contributed by atoms with Crippen molar-refractivity contribution in [2.75, 3.05) is 16.8 Å². The number of nitrogens with one attached hydrogen (secondary N) is 1. The van der Waals surface area contributed by atoms with Crippen LogP contribution in [-0.4, -0.2) is 35.6 Å². The van der Waals surface area contributed by atoms with Crippen LogP contribution in [0.4, 0.5) is 5.82 Å². The molecule has 1 amide bonds. The second-order valence-electron chi connectivity index (χ2n) is 6.56. The smallest absolute Gasteiger partial charge is 0.226 e. The van der Waals surface area contributed by atoms with E-state index in [0.717, 1.165) is 16.8 Å². The number of hydrogen-bond donors (Lipinski definition) is 1. The van der Waals surface area contributed by atoms with Gasteiger partial charge in [0.15, 0.2) is 9.84 Å². The molecule has 1 N–H and O–H groups in total. The topological polar surface area (TPSA) is 81.1 Å². The molecule has 4 rings (SSSR count). The molecule has 2 aromatic rings. The van der Waals surface area contributed by atoms with E-state index in [4.69, 9.17) is 0 Å². The molecular weight excluding hydrogens is 326 g/mol. The van der Waals surface area contributed by atoms with Crippen LogP contribution in [0.25, 0.3) is 0 Å². The Kier molecular flexibility index (Phi) is 3.49. The summed E-state index contributed by atoms with van der Waals surface area (Å²) in [6.07, 6.45) is 0.925. The molecule has 0 radical (unpaired) electrons. The van der Waals surface area contributed by atoms with Gasteiger partial charge >= 0.3 is 0 Å². The van der Waals surface area contributed by atoms with Crippen LogP contribution in [0.5, 0.6) is 0 Å². The van der Waals surface area contributed by atoms with Crippen LogP contribution in [0, 0.1) is 6.92 Å². The number of carbonyl (C=O) groups excluding carboxylic acids is 1. The van der Waals surface area contributed by atoms with Crippen molar-refractivity contribution in [2.45, 2.75) is 31.7 Å². The van der Waals surface area contributed by atoms with Crippen LogP contribution >= 0.6 is 0 Å². The van der Waals surface area contributed by atoms with Gasteiger partial charge in [0, 0.05) is 17.9 Å². The van der Waals surface area contributed by atoms with E-state index in [-0.39, 0.29) is 29.4 Å². The Morgan fingerprint density at radius 1 is 1.25 bits per heavy atom. The molecule has 2 atom stereocenters. The molecule has 0 spiro atoms. The van der Waals surface area contributed by atoms with Gasteiger partial charge in [0.05, 0.1) is 23.2 Å². The minimum Gasteiger partial charge on any atom is -0.311 e. The first-order chi connectivity index (χ1) is 11.4.